The Morgan fingerprint density at radius 3 is 2.90 bits per heavy atom. The molecule has 1 aliphatic rings. The smallest absolute Gasteiger partial charge is 0.146 e. The van der Waals surface area contributed by atoms with Gasteiger partial charge in [0.1, 0.15) is 17.4 Å². The van der Waals surface area contributed by atoms with Gasteiger partial charge in [-0.2, -0.15) is 0 Å². The molecule has 1 aromatic heterocycles. The lowest BCUT2D eigenvalue weighted by Gasteiger charge is -2.20. The van der Waals surface area contributed by atoms with Crippen LogP contribution in [0.4, 0.5) is 0 Å². The Morgan fingerprint density at radius 1 is 1.29 bits per heavy atom. The summed E-state index contributed by atoms with van der Waals surface area (Å²) >= 11 is 0. The van der Waals surface area contributed by atoms with Crippen LogP contribution in [0.2, 0.25) is 0 Å². The predicted molar refractivity (Wildman–Crippen MR) is 86.8 cm³/mol. The van der Waals surface area contributed by atoms with Gasteiger partial charge in [0.25, 0.3) is 0 Å². The van der Waals surface area contributed by atoms with Crippen LogP contribution in [-0.2, 0) is 0 Å². The Morgan fingerprint density at radius 2 is 2.14 bits per heavy atom. The molecule has 0 amide bonds. The highest BCUT2D eigenvalue weighted by Gasteiger charge is 2.22. The molecule has 0 radical (unpaired) electrons. The van der Waals surface area contributed by atoms with Crippen molar-refractivity contribution >= 4 is 10.9 Å². The van der Waals surface area contributed by atoms with Gasteiger partial charge < -0.3 is 10.1 Å². The number of para-hydroxylation sites is 1. The third-order valence-electron chi connectivity index (χ3n) is 3.94. The first-order chi connectivity index (χ1) is 10.3. The summed E-state index contributed by atoms with van der Waals surface area (Å²) < 4.78 is 6.28. The van der Waals surface area contributed by atoms with Crippen LogP contribution in [0, 0.1) is 6.92 Å². The van der Waals surface area contributed by atoms with E-state index >= 15 is 0 Å². The molecular formula is C18H24N2O. The largest absolute Gasteiger partial charge is 0.487 e. The lowest BCUT2D eigenvalue weighted by atomic mass is 10.1. The lowest BCUT2D eigenvalue weighted by molar-refractivity contribution is 0.188. The number of hydrogen-bond acceptors (Lipinski definition) is 3. The fraction of sp³-hybridized carbons (Fsp3) is 0.500. The molecule has 1 fully saturated rings. The van der Waals surface area contributed by atoms with Crippen molar-refractivity contribution in [2.45, 2.75) is 51.7 Å². The van der Waals surface area contributed by atoms with Crippen LogP contribution in [0.25, 0.3) is 10.9 Å². The van der Waals surface area contributed by atoms with Crippen LogP contribution >= 0.6 is 0 Å². The van der Waals surface area contributed by atoms with Crippen LogP contribution in [-0.4, -0.2) is 23.7 Å². The number of pyridine rings is 1. The van der Waals surface area contributed by atoms with E-state index in [9.17, 15) is 0 Å². The average Bonchev–Trinajstić information content (AvgIpc) is 3.30. The third kappa shape index (κ3) is 3.73. The first-order valence-corrected chi connectivity index (χ1v) is 8.02. The maximum Gasteiger partial charge on any atom is 0.146 e. The van der Waals surface area contributed by atoms with Crippen molar-refractivity contribution in [2.24, 2.45) is 0 Å². The van der Waals surface area contributed by atoms with Gasteiger partial charge >= 0.3 is 0 Å². The Labute approximate surface area is 126 Å². The van der Waals surface area contributed by atoms with Crippen molar-refractivity contribution in [2.75, 3.05) is 6.54 Å². The molecule has 1 unspecified atom stereocenters. The van der Waals surface area contributed by atoms with E-state index in [1.54, 1.807) is 0 Å². The van der Waals surface area contributed by atoms with Crippen LogP contribution in [0.3, 0.4) is 0 Å². The second-order valence-electron chi connectivity index (χ2n) is 5.99. The zero-order valence-corrected chi connectivity index (χ0v) is 12.9. The highest BCUT2D eigenvalue weighted by molar-refractivity contribution is 5.84. The van der Waals surface area contributed by atoms with Crippen molar-refractivity contribution in [3.63, 3.8) is 0 Å². The number of fused-ring (bicyclic) bond motifs is 1. The molecule has 1 saturated carbocycles. The van der Waals surface area contributed by atoms with Crippen LogP contribution in [0.5, 0.6) is 5.75 Å². The molecule has 1 heterocycles. The van der Waals surface area contributed by atoms with E-state index in [1.165, 1.54) is 12.8 Å². The van der Waals surface area contributed by atoms with Gasteiger partial charge in [-0.3, -0.25) is 0 Å². The Bertz CT molecular complexity index is 607. The fourth-order valence-electron chi connectivity index (χ4n) is 2.60. The molecule has 1 aromatic carbocycles. The molecule has 1 N–H and O–H groups in total. The molecule has 0 spiro atoms. The number of aryl methyl sites for hydroxylation is 1. The minimum Gasteiger partial charge on any atom is -0.487 e. The van der Waals surface area contributed by atoms with Crippen molar-refractivity contribution in [1.29, 1.82) is 0 Å². The minimum atomic E-state index is 0.225. The van der Waals surface area contributed by atoms with Gasteiger partial charge in [-0.05, 0) is 38.3 Å². The van der Waals surface area contributed by atoms with E-state index in [-0.39, 0.29) is 6.10 Å². The number of ether oxygens (including phenoxy) is 1. The average molecular weight is 284 g/mol. The second-order valence-corrected chi connectivity index (χ2v) is 5.99. The summed E-state index contributed by atoms with van der Waals surface area (Å²) in [6, 6.07) is 11.1. The van der Waals surface area contributed by atoms with Gasteiger partial charge in [0.05, 0.1) is 0 Å². The van der Waals surface area contributed by atoms with E-state index in [0.29, 0.717) is 0 Å². The molecule has 21 heavy (non-hydrogen) atoms. The molecule has 1 atom stereocenters. The van der Waals surface area contributed by atoms with Gasteiger partial charge in [0.15, 0.2) is 0 Å². The summed E-state index contributed by atoms with van der Waals surface area (Å²) in [4.78, 5) is 4.65. The number of rotatable bonds is 7. The SMILES string of the molecule is CCCC(CNC1CC1)Oc1cccc2ccc(C)nc12. The number of aromatic nitrogens is 1. The molecule has 0 aliphatic heterocycles. The van der Waals surface area contributed by atoms with E-state index < -0.39 is 0 Å². The second kappa shape index (κ2) is 6.44. The standard InChI is InChI=1S/C18H24N2O/c1-3-5-16(12-19-15-10-11-15)21-17-7-4-6-14-9-8-13(2)20-18(14)17/h4,6-9,15-16,19H,3,5,10-12H2,1-2H3. The normalized spacial score (nSPS) is 16.1. The summed E-state index contributed by atoms with van der Waals surface area (Å²) in [7, 11) is 0. The van der Waals surface area contributed by atoms with Gasteiger partial charge in [0, 0.05) is 23.7 Å². The third-order valence-corrected chi connectivity index (χ3v) is 3.94. The molecule has 112 valence electrons. The predicted octanol–water partition coefficient (Wildman–Crippen LogP) is 3.84. The Kier molecular flexibility index (Phi) is 4.39. The van der Waals surface area contributed by atoms with Gasteiger partial charge in [0.2, 0.25) is 0 Å². The van der Waals surface area contributed by atoms with E-state index in [0.717, 1.165) is 47.8 Å². The topological polar surface area (TPSA) is 34.1 Å². The molecule has 1 aliphatic carbocycles. The highest BCUT2D eigenvalue weighted by Crippen LogP contribution is 2.26. The molecule has 0 saturated heterocycles. The number of nitrogens with one attached hydrogen (secondary N) is 1. The van der Waals surface area contributed by atoms with E-state index in [1.807, 2.05) is 25.1 Å². The summed E-state index contributed by atoms with van der Waals surface area (Å²) in [6.07, 6.45) is 5.06. The van der Waals surface area contributed by atoms with Crippen molar-refractivity contribution < 1.29 is 4.74 Å². The van der Waals surface area contributed by atoms with Gasteiger partial charge in [-0.15, -0.1) is 0 Å². The molecule has 2 aromatic rings. The number of nitrogens with zero attached hydrogens (tertiary/aromatic N) is 1. The fourth-order valence-corrected chi connectivity index (χ4v) is 2.60. The highest BCUT2D eigenvalue weighted by atomic mass is 16.5. The van der Waals surface area contributed by atoms with Gasteiger partial charge in [-0.1, -0.05) is 31.5 Å². The summed E-state index contributed by atoms with van der Waals surface area (Å²) in [5.74, 6) is 0.909. The lowest BCUT2D eigenvalue weighted by Crippen LogP contribution is -2.32. The quantitative estimate of drug-likeness (QED) is 0.838. The molecule has 3 rings (SSSR count). The zero-order valence-electron chi connectivity index (χ0n) is 12.9. The van der Waals surface area contributed by atoms with Gasteiger partial charge in [-0.25, -0.2) is 4.98 Å². The van der Waals surface area contributed by atoms with Crippen LogP contribution in [0.15, 0.2) is 30.3 Å². The Hall–Kier alpha value is -1.61. The molecule has 3 nitrogen and oxygen atoms in total. The Balaban J connectivity index is 1.78. The molecule has 0 bridgehead atoms. The summed E-state index contributed by atoms with van der Waals surface area (Å²) in [6.45, 7) is 5.16. The van der Waals surface area contributed by atoms with E-state index in [2.05, 4.69) is 29.4 Å². The zero-order chi connectivity index (χ0) is 14.7. The maximum atomic E-state index is 6.28. The van der Waals surface area contributed by atoms with E-state index in [4.69, 9.17) is 4.74 Å². The minimum absolute atomic E-state index is 0.225. The first kappa shape index (κ1) is 14.3. The first-order valence-electron chi connectivity index (χ1n) is 8.02. The van der Waals surface area contributed by atoms with Crippen LogP contribution < -0.4 is 10.1 Å². The number of hydrogen-bond donors (Lipinski definition) is 1. The summed E-state index contributed by atoms with van der Waals surface area (Å²) in [5, 5.41) is 4.72. The molecule has 3 heteroatoms. The number of benzene rings is 1. The van der Waals surface area contributed by atoms with Crippen molar-refractivity contribution in [3.05, 3.63) is 36.0 Å². The molecular weight excluding hydrogens is 260 g/mol. The monoisotopic (exact) mass is 284 g/mol. The summed E-state index contributed by atoms with van der Waals surface area (Å²) in [5.41, 5.74) is 2.01. The van der Waals surface area contributed by atoms with Crippen molar-refractivity contribution in [3.8, 4) is 5.75 Å². The van der Waals surface area contributed by atoms with Crippen LogP contribution in [0.1, 0.15) is 38.3 Å². The maximum absolute atomic E-state index is 6.28. The van der Waals surface area contributed by atoms with Crippen molar-refractivity contribution in [1.82, 2.24) is 10.3 Å².